The number of rotatable bonds is 1. The van der Waals surface area contributed by atoms with Gasteiger partial charge in [-0.1, -0.05) is 0 Å². The minimum Gasteiger partial charge on any atom is -0.503 e. The first-order valence-electron chi connectivity index (χ1n) is 3.63. The van der Waals surface area contributed by atoms with Crippen molar-refractivity contribution in [3.05, 3.63) is 19.0 Å². The van der Waals surface area contributed by atoms with Crippen LogP contribution >= 0.6 is 47.8 Å². The molecule has 0 spiro atoms. The van der Waals surface area contributed by atoms with Crippen LogP contribution in [-0.4, -0.2) is 16.4 Å². The Labute approximate surface area is 111 Å². The van der Waals surface area contributed by atoms with Crippen LogP contribution in [0.4, 0.5) is 4.79 Å². The van der Waals surface area contributed by atoms with Crippen LogP contribution in [-0.2, 0) is 0 Å². The summed E-state index contributed by atoms with van der Waals surface area (Å²) in [6.45, 7) is 1.62. The largest absolute Gasteiger partial charge is 0.511 e. The van der Waals surface area contributed by atoms with E-state index in [2.05, 4.69) is 52.5 Å². The maximum atomic E-state index is 10.4. The molecule has 4 nitrogen and oxygen atoms in total. The molecule has 0 aromatic heterocycles. The average molecular weight is 405 g/mol. The highest BCUT2D eigenvalue weighted by Gasteiger charge is 2.20. The summed E-state index contributed by atoms with van der Waals surface area (Å²) in [5.41, 5.74) is 0.491. The van der Waals surface area contributed by atoms with E-state index in [1.807, 2.05) is 0 Å². The number of benzene rings is 1. The molecule has 1 aromatic carbocycles. The number of carbonyl (C=O) groups is 1. The second kappa shape index (κ2) is 4.71. The molecule has 15 heavy (non-hydrogen) atoms. The average Bonchev–Trinajstić information content (AvgIpc) is 2.18. The molecule has 0 bridgehead atoms. The smallest absolute Gasteiger partial charge is 0.503 e. The molecule has 0 saturated heterocycles. The summed E-state index contributed by atoms with van der Waals surface area (Å²) >= 11 is 9.57. The third kappa shape index (κ3) is 2.46. The third-order valence-electron chi connectivity index (χ3n) is 1.67. The SMILES string of the molecule is Cc1c(Br)c(Br)c(Br)c(O)c1OC(=O)O. The predicted molar refractivity (Wildman–Crippen MR) is 64.6 cm³/mol. The summed E-state index contributed by atoms with van der Waals surface area (Å²) in [7, 11) is 0. The topological polar surface area (TPSA) is 66.8 Å². The minimum atomic E-state index is -1.48. The second-order valence-electron chi connectivity index (χ2n) is 2.61. The van der Waals surface area contributed by atoms with Gasteiger partial charge in [-0.25, -0.2) is 4.79 Å². The monoisotopic (exact) mass is 402 g/mol. The molecule has 0 atom stereocenters. The Morgan fingerprint density at radius 3 is 2.20 bits per heavy atom. The molecule has 0 aliphatic rings. The molecule has 0 aliphatic heterocycles. The van der Waals surface area contributed by atoms with Crippen molar-refractivity contribution in [1.29, 1.82) is 0 Å². The lowest BCUT2D eigenvalue weighted by molar-refractivity contribution is 0.142. The Hall–Kier alpha value is -0.270. The van der Waals surface area contributed by atoms with Gasteiger partial charge < -0.3 is 14.9 Å². The van der Waals surface area contributed by atoms with E-state index in [-0.39, 0.29) is 11.5 Å². The summed E-state index contributed by atoms with van der Waals surface area (Å²) < 4.78 is 6.02. The van der Waals surface area contributed by atoms with E-state index in [1.54, 1.807) is 6.92 Å². The molecule has 0 heterocycles. The molecule has 1 aromatic rings. The number of hydrogen-bond donors (Lipinski definition) is 2. The van der Waals surface area contributed by atoms with Gasteiger partial charge in [0, 0.05) is 10.0 Å². The molecule has 0 aliphatic carbocycles. The van der Waals surface area contributed by atoms with Gasteiger partial charge in [0.25, 0.3) is 0 Å². The molecule has 0 unspecified atom stereocenters. The van der Waals surface area contributed by atoms with Gasteiger partial charge in [-0.2, -0.15) is 0 Å². The third-order valence-corrected chi connectivity index (χ3v) is 5.29. The van der Waals surface area contributed by atoms with Crippen LogP contribution in [0.5, 0.6) is 11.5 Å². The van der Waals surface area contributed by atoms with Gasteiger partial charge in [0.1, 0.15) is 0 Å². The highest BCUT2D eigenvalue weighted by Crippen LogP contribution is 2.46. The molecule has 1 rings (SSSR count). The molecule has 0 radical (unpaired) electrons. The summed E-state index contributed by atoms with van der Waals surface area (Å²) in [4.78, 5) is 10.4. The zero-order chi connectivity index (χ0) is 11.7. The highest BCUT2D eigenvalue weighted by atomic mass is 79.9. The maximum absolute atomic E-state index is 10.4. The molecule has 0 fully saturated rings. The van der Waals surface area contributed by atoms with Crippen molar-refractivity contribution in [3.8, 4) is 11.5 Å². The van der Waals surface area contributed by atoms with Crippen molar-refractivity contribution >= 4 is 53.9 Å². The van der Waals surface area contributed by atoms with Crippen molar-refractivity contribution < 1.29 is 19.7 Å². The van der Waals surface area contributed by atoms with E-state index in [4.69, 9.17) is 5.11 Å². The fourth-order valence-corrected chi connectivity index (χ4v) is 2.46. The highest BCUT2D eigenvalue weighted by molar-refractivity contribution is 9.14. The van der Waals surface area contributed by atoms with Crippen molar-refractivity contribution in [1.82, 2.24) is 0 Å². The van der Waals surface area contributed by atoms with Crippen molar-refractivity contribution in [2.75, 3.05) is 0 Å². The minimum absolute atomic E-state index is 0.0931. The first-order valence-corrected chi connectivity index (χ1v) is 6.01. The van der Waals surface area contributed by atoms with E-state index < -0.39 is 6.16 Å². The molecular formula is C8H5Br3O4. The van der Waals surface area contributed by atoms with Crippen LogP contribution < -0.4 is 4.74 Å². The molecule has 0 amide bonds. The quantitative estimate of drug-likeness (QED) is 0.421. The number of phenolic OH excluding ortho intramolecular Hbond substituents is 1. The van der Waals surface area contributed by atoms with E-state index in [0.717, 1.165) is 0 Å². The van der Waals surface area contributed by atoms with Gasteiger partial charge in [0.05, 0.1) is 8.95 Å². The Balaban J connectivity index is 3.45. The van der Waals surface area contributed by atoms with E-state index in [1.165, 1.54) is 0 Å². The lowest BCUT2D eigenvalue weighted by Crippen LogP contribution is -2.05. The number of aromatic hydroxyl groups is 1. The van der Waals surface area contributed by atoms with E-state index >= 15 is 0 Å². The summed E-state index contributed by atoms with van der Waals surface area (Å²) in [5.74, 6) is -0.352. The molecule has 7 heteroatoms. The van der Waals surface area contributed by atoms with Crippen LogP contribution in [0.25, 0.3) is 0 Å². The van der Waals surface area contributed by atoms with Crippen LogP contribution in [0.15, 0.2) is 13.4 Å². The Bertz CT molecular complexity index is 401. The molecule has 2 N–H and O–H groups in total. The number of hydrogen-bond acceptors (Lipinski definition) is 3. The summed E-state index contributed by atoms with van der Waals surface area (Å²) in [5, 5.41) is 18.1. The van der Waals surface area contributed by atoms with Gasteiger partial charge in [0.15, 0.2) is 11.5 Å². The van der Waals surface area contributed by atoms with Crippen LogP contribution in [0.3, 0.4) is 0 Å². The van der Waals surface area contributed by atoms with Gasteiger partial charge in [-0.15, -0.1) is 0 Å². The Kier molecular flexibility index (Phi) is 4.02. The molecule has 82 valence electrons. The van der Waals surface area contributed by atoms with Crippen molar-refractivity contribution in [2.24, 2.45) is 0 Å². The predicted octanol–water partition coefficient (Wildman–Crippen LogP) is 4.04. The zero-order valence-corrected chi connectivity index (χ0v) is 12.1. The first kappa shape index (κ1) is 12.8. The number of phenols is 1. The standard InChI is InChI=1S/C8H5Br3O4/c1-2-3(9)4(10)5(11)6(12)7(2)15-8(13)14/h12H,1H3,(H,13,14). The lowest BCUT2D eigenvalue weighted by Gasteiger charge is -2.12. The van der Waals surface area contributed by atoms with Crippen molar-refractivity contribution in [3.63, 3.8) is 0 Å². The van der Waals surface area contributed by atoms with Crippen LogP contribution in [0.1, 0.15) is 5.56 Å². The maximum Gasteiger partial charge on any atom is 0.511 e. The second-order valence-corrected chi connectivity index (χ2v) is 4.99. The van der Waals surface area contributed by atoms with Crippen LogP contribution in [0.2, 0.25) is 0 Å². The zero-order valence-electron chi connectivity index (χ0n) is 7.34. The summed E-state index contributed by atoms with van der Waals surface area (Å²) in [6, 6.07) is 0. The molecular weight excluding hydrogens is 400 g/mol. The lowest BCUT2D eigenvalue weighted by atomic mass is 10.2. The van der Waals surface area contributed by atoms with E-state index in [0.29, 0.717) is 19.0 Å². The van der Waals surface area contributed by atoms with Crippen molar-refractivity contribution in [2.45, 2.75) is 6.92 Å². The van der Waals surface area contributed by atoms with Gasteiger partial charge in [-0.05, 0) is 54.7 Å². The fourth-order valence-electron chi connectivity index (χ4n) is 0.954. The first-order chi connectivity index (χ1) is 6.86. The summed E-state index contributed by atoms with van der Waals surface area (Å²) in [6.07, 6.45) is -1.48. The van der Waals surface area contributed by atoms with E-state index in [9.17, 15) is 9.90 Å². The Morgan fingerprint density at radius 2 is 1.73 bits per heavy atom. The number of carboxylic acid groups (broad SMARTS) is 1. The normalized spacial score (nSPS) is 10.1. The van der Waals surface area contributed by atoms with Gasteiger partial charge in [0.2, 0.25) is 0 Å². The van der Waals surface area contributed by atoms with Crippen LogP contribution in [0, 0.1) is 6.92 Å². The van der Waals surface area contributed by atoms with Gasteiger partial charge in [-0.3, -0.25) is 0 Å². The Morgan fingerprint density at radius 1 is 1.20 bits per heavy atom. The van der Waals surface area contributed by atoms with Gasteiger partial charge >= 0.3 is 6.16 Å². The number of halogens is 3. The molecule has 0 saturated carbocycles. The number of ether oxygens (including phenoxy) is 1. The fraction of sp³-hybridized carbons (Fsp3) is 0.125.